The van der Waals surface area contributed by atoms with E-state index in [1.165, 1.54) is 42.4 Å². The second kappa shape index (κ2) is 34.0. The van der Waals surface area contributed by atoms with Crippen LogP contribution in [-0.4, -0.2) is 52.9 Å². The van der Waals surface area contributed by atoms with Crippen LogP contribution in [0.15, 0.2) is 388 Å². The molecule has 0 heterocycles. The zero-order chi connectivity index (χ0) is 65.9. The van der Waals surface area contributed by atoms with E-state index < -0.39 is 43.6 Å². The summed E-state index contributed by atoms with van der Waals surface area (Å²) in [5.74, 6) is -2.67. The summed E-state index contributed by atoms with van der Waals surface area (Å²) in [4.78, 5) is 41.8. The lowest BCUT2D eigenvalue weighted by atomic mass is 10.1. The molecule has 466 valence electrons. The lowest BCUT2D eigenvalue weighted by Gasteiger charge is -2.27. The maximum Gasteiger partial charge on any atom is 0.404 e. The van der Waals surface area contributed by atoms with Gasteiger partial charge in [-0.2, -0.15) is 0 Å². The van der Waals surface area contributed by atoms with E-state index in [9.17, 15) is 29.4 Å². The molecule has 0 amide bonds. The van der Waals surface area contributed by atoms with Gasteiger partial charge in [-0.25, -0.2) is 0 Å². The number of rotatable bonds is 16. The number of benzene rings is 13. The van der Waals surface area contributed by atoms with Crippen LogP contribution in [0.2, 0.25) is 0 Å². The van der Waals surface area contributed by atoms with Crippen LogP contribution in [0.3, 0.4) is 0 Å². The number of carbonyl (C=O) groups is 2. The highest BCUT2D eigenvalue weighted by Crippen LogP contribution is 2.55. The van der Waals surface area contributed by atoms with E-state index in [4.69, 9.17) is 8.85 Å². The molecule has 0 aliphatic heterocycles. The molecule has 8 nitrogen and oxygen atoms in total. The Morgan fingerprint density at radius 2 is 0.372 bits per heavy atom. The number of hydrogen-bond acceptors (Lipinski definition) is 8. The molecule has 2 N–H and O–H groups in total. The Morgan fingerprint density at radius 3 is 0.489 bits per heavy atom. The molecular weight excluding hydrogens is 1230 g/mol. The summed E-state index contributed by atoms with van der Waals surface area (Å²) in [6.45, 7) is 0. The standard InChI is InChI=1S/2C24H20P.2C13H14O2Si.C8H6O4/c2*1-5-13-21(14-6-1)25(22-15-7-2-8-16-22,23-17-9-3-10-18-23)24-19-11-4-12-20-24;2*1-15-16(14,12-8-4-2-5-9-12)13-10-6-3-7-11-13;9-7(10)5-1-2-6(4-3-5)8(11)12/h2*1-20H;2*2-11,14H,1H3;1-4H,(H,9,10)(H,11,12)/q2*+1;;;/p-2. The zero-order valence-corrected chi connectivity index (χ0v) is 56.0. The van der Waals surface area contributed by atoms with Gasteiger partial charge in [0.15, 0.2) is 0 Å². The molecule has 0 atom stereocenters. The first-order chi connectivity index (χ1) is 46.0. The van der Waals surface area contributed by atoms with Crippen LogP contribution in [0, 0.1) is 0 Å². The van der Waals surface area contributed by atoms with Crippen molar-refractivity contribution in [1.82, 2.24) is 0 Å². The molecule has 13 aromatic carbocycles. The van der Waals surface area contributed by atoms with E-state index in [-0.39, 0.29) is 11.1 Å². The molecule has 13 rings (SSSR count). The van der Waals surface area contributed by atoms with E-state index in [0.29, 0.717) is 0 Å². The molecule has 0 radical (unpaired) electrons. The van der Waals surface area contributed by atoms with Crippen LogP contribution < -0.4 is 73.4 Å². The Morgan fingerprint density at radius 1 is 0.245 bits per heavy atom. The first-order valence-electron chi connectivity index (χ1n) is 30.5. The van der Waals surface area contributed by atoms with Crippen molar-refractivity contribution in [1.29, 1.82) is 0 Å². The average Bonchev–Trinajstić information content (AvgIpc) is 0.749. The third kappa shape index (κ3) is 16.2. The third-order valence-corrected chi connectivity index (χ3v) is 30.0. The molecule has 0 saturated carbocycles. The van der Waals surface area contributed by atoms with Gasteiger partial charge in [0.25, 0.3) is 0 Å². The summed E-state index contributed by atoms with van der Waals surface area (Å²) in [7, 11) is -6.64. The lowest BCUT2D eigenvalue weighted by molar-refractivity contribution is -0.256. The second-order valence-electron chi connectivity index (χ2n) is 21.3. The van der Waals surface area contributed by atoms with E-state index in [1.54, 1.807) is 14.2 Å². The van der Waals surface area contributed by atoms with Crippen molar-refractivity contribution in [3.05, 3.63) is 399 Å². The summed E-state index contributed by atoms with van der Waals surface area (Å²) in [5.41, 5.74) is -0.111. The summed E-state index contributed by atoms with van der Waals surface area (Å²) >= 11 is 0. The van der Waals surface area contributed by atoms with Gasteiger partial charge in [-0.15, -0.1) is 0 Å². The van der Waals surface area contributed by atoms with Gasteiger partial charge in [0.2, 0.25) is 0 Å². The van der Waals surface area contributed by atoms with Crippen molar-refractivity contribution in [3.63, 3.8) is 0 Å². The average molecular weight is 1300 g/mol. The minimum Gasteiger partial charge on any atom is -0.545 e. The monoisotopic (exact) mass is 1300 g/mol. The third-order valence-electron chi connectivity index (χ3n) is 15.8. The highest BCUT2D eigenvalue weighted by atomic mass is 31.2. The summed E-state index contributed by atoms with van der Waals surface area (Å²) in [5, 5.41) is 35.0. The van der Waals surface area contributed by atoms with Gasteiger partial charge in [0, 0.05) is 14.2 Å². The Hall–Kier alpha value is -10.1. The van der Waals surface area contributed by atoms with E-state index in [0.717, 1.165) is 45.0 Å². The maximum atomic E-state index is 10.7. The van der Waals surface area contributed by atoms with Gasteiger partial charge in [-0.1, -0.05) is 291 Å². The Labute approximate surface area is 555 Å². The predicted molar refractivity (Wildman–Crippen MR) is 392 cm³/mol. The number of carboxylic acids is 2. The first kappa shape index (κ1) is 68.3. The molecule has 0 spiro atoms. The van der Waals surface area contributed by atoms with E-state index in [1.807, 2.05) is 121 Å². The second-order valence-corrected chi connectivity index (χ2v) is 33.9. The molecule has 0 aliphatic carbocycles. The molecule has 13 aromatic rings. The smallest absolute Gasteiger partial charge is 0.404 e. The Balaban J connectivity index is 0.000000142. The zero-order valence-electron chi connectivity index (χ0n) is 52.2. The van der Waals surface area contributed by atoms with Crippen molar-refractivity contribution in [2.24, 2.45) is 0 Å². The number of carbonyl (C=O) groups excluding carboxylic acids is 2. The van der Waals surface area contributed by atoms with E-state index >= 15 is 0 Å². The van der Waals surface area contributed by atoms with Gasteiger partial charge >= 0.3 is 17.1 Å². The largest absolute Gasteiger partial charge is 0.545 e. The van der Waals surface area contributed by atoms with Crippen LogP contribution in [0.25, 0.3) is 0 Å². The van der Waals surface area contributed by atoms with E-state index in [2.05, 4.69) is 243 Å². The lowest BCUT2D eigenvalue weighted by Crippen LogP contribution is -2.60. The topological polar surface area (TPSA) is 139 Å². The van der Waals surface area contributed by atoms with Gasteiger partial charge < -0.3 is 38.2 Å². The highest BCUT2D eigenvalue weighted by molar-refractivity contribution is 8.02. The van der Waals surface area contributed by atoms with Gasteiger partial charge in [0.05, 0.1) is 11.9 Å². The van der Waals surface area contributed by atoms with Crippen LogP contribution in [0.4, 0.5) is 0 Å². The molecule has 0 saturated heterocycles. The fourth-order valence-corrected chi connectivity index (χ4v) is 23.9. The first-order valence-corrected chi connectivity index (χ1v) is 37.8. The molecule has 94 heavy (non-hydrogen) atoms. The van der Waals surface area contributed by atoms with Crippen molar-refractivity contribution in [3.8, 4) is 0 Å². The fraction of sp³-hybridized carbons (Fsp3) is 0.0244. The molecule has 0 aromatic heterocycles. The van der Waals surface area contributed by atoms with Gasteiger partial charge in [-0.3, -0.25) is 0 Å². The predicted octanol–water partition coefficient (Wildman–Crippen LogP) is 8.79. The molecule has 0 bridgehead atoms. The van der Waals surface area contributed by atoms with Crippen molar-refractivity contribution < 1.29 is 38.2 Å². The van der Waals surface area contributed by atoms with Crippen LogP contribution >= 0.6 is 14.5 Å². The Kier molecular flexibility index (Phi) is 24.7. The summed E-state index contributed by atoms with van der Waals surface area (Å²) in [6.07, 6.45) is 0. The summed E-state index contributed by atoms with van der Waals surface area (Å²) in [6, 6.07) is 131. The van der Waals surface area contributed by atoms with Crippen molar-refractivity contribution in [2.45, 2.75) is 0 Å². The van der Waals surface area contributed by atoms with Crippen LogP contribution in [0.1, 0.15) is 20.7 Å². The SMILES string of the molecule is CO[Si](O)(c1ccccc1)c1ccccc1.CO[Si](O)(c1ccccc1)c1ccccc1.O=C([O-])c1ccc(C(=O)[O-])cc1.c1ccc([P+](c2ccccc2)(c2ccccc2)c2ccccc2)cc1.c1ccc([P+](c2ccccc2)(c2ccccc2)c2ccccc2)cc1. The van der Waals surface area contributed by atoms with Crippen molar-refractivity contribution >= 4 is 107 Å². The van der Waals surface area contributed by atoms with Gasteiger partial charge in [-0.05, 0) is 129 Å². The molecule has 0 fully saturated rings. The molecule has 0 aliphatic rings. The fourth-order valence-electron chi connectivity index (χ4n) is 11.2. The van der Waals surface area contributed by atoms with Gasteiger partial charge in [0.1, 0.15) is 57.0 Å². The van der Waals surface area contributed by atoms with Crippen molar-refractivity contribution in [2.75, 3.05) is 14.2 Å². The van der Waals surface area contributed by atoms with Crippen LogP contribution in [0.5, 0.6) is 0 Å². The minimum atomic E-state index is -2.98. The van der Waals surface area contributed by atoms with Crippen LogP contribution in [-0.2, 0) is 8.85 Å². The molecule has 12 heteroatoms. The summed E-state index contributed by atoms with van der Waals surface area (Å²) < 4.78 is 10.8. The maximum absolute atomic E-state index is 10.7. The number of carboxylic acid groups (broad SMARTS) is 2. The normalized spacial score (nSPS) is 11.0. The highest BCUT2D eigenvalue weighted by Gasteiger charge is 2.49. The quantitative estimate of drug-likeness (QED) is 0.0724. The Bertz CT molecular complexity index is 3630. The molecular formula is C82H72O8P2Si2. The number of aromatic carboxylic acids is 2. The number of hydrogen-bond donors (Lipinski definition) is 2. The molecule has 0 unspecified atom stereocenters. The minimum absolute atomic E-state index is 0.0556.